The highest BCUT2D eigenvalue weighted by molar-refractivity contribution is 6.44. The molecule has 4 unspecified atom stereocenters. The molecule has 0 spiro atoms. The summed E-state index contributed by atoms with van der Waals surface area (Å²) in [5.41, 5.74) is 8.42. The number of carbonyl (C=O) groups is 4. The zero-order chi connectivity index (χ0) is 36.0. The Hall–Kier alpha value is -6.26. The van der Waals surface area contributed by atoms with E-state index in [1.54, 1.807) is 0 Å². The minimum absolute atomic E-state index is 0.236. The van der Waals surface area contributed by atoms with Crippen molar-refractivity contribution in [2.24, 2.45) is 0 Å². The van der Waals surface area contributed by atoms with Crippen LogP contribution < -0.4 is 0 Å². The van der Waals surface area contributed by atoms with Crippen LogP contribution in [0, 0.1) is 0 Å². The molecular formula is C50H32O4. The maximum Gasteiger partial charge on any atom is 0.206 e. The predicted molar refractivity (Wildman–Crippen MR) is 214 cm³/mol. The first-order chi connectivity index (χ1) is 26.5. The summed E-state index contributed by atoms with van der Waals surface area (Å²) >= 11 is 0. The summed E-state index contributed by atoms with van der Waals surface area (Å²) < 4.78 is 0. The SMILES string of the molecule is O=C1C(=O)C2CCC1c1cc(-c3c4ccccc4c(-c4cc5c(c6ccccc46)C4CCC5C(=O)C4=O)c4cc5ccccc5cc34)c3ccccc3c12. The standard InChI is InChI=1S/C50H32O4/c51-47-33-17-19-35(49(47)53)43-29-13-5-3-11-27(29)39(23-41(33)43)45-31-15-7-8-16-32(31)46(38-22-26-10-2-1-9-25(26)21-37(38)45)40-24-42-34-18-20-36(50(54)48(34)52)44(42)30-14-6-4-12-28(30)40/h1-16,21-24,33-36H,17-20H2. The maximum absolute atomic E-state index is 13.4. The fraction of sp³-hybridized carbons (Fsp3) is 0.160. The van der Waals surface area contributed by atoms with Crippen molar-refractivity contribution in [3.63, 3.8) is 0 Å². The molecule has 0 amide bonds. The molecule has 4 nitrogen and oxygen atoms in total. The van der Waals surface area contributed by atoms with E-state index in [4.69, 9.17) is 0 Å². The molecule has 2 saturated carbocycles. The minimum atomic E-state index is -0.412. The predicted octanol–water partition coefficient (Wildman–Crippen LogP) is 11.0. The number of Topliss-reactive ketones (excluding diaryl/α,β-unsaturated/α-hetero) is 4. The Bertz CT molecular complexity index is 2900. The molecule has 6 aliphatic rings. The molecule has 0 aliphatic heterocycles. The highest BCUT2D eigenvalue weighted by Gasteiger charge is 2.48. The molecular weight excluding hydrogens is 665 g/mol. The van der Waals surface area contributed by atoms with E-state index in [-0.39, 0.29) is 35.0 Å². The van der Waals surface area contributed by atoms with Gasteiger partial charge < -0.3 is 0 Å². The molecule has 0 saturated heterocycles. The van der Waals surface area contributed by atoms with Crippen molar-refractivity contribution >= 4 is 77.0 Å². The third-order valence-corrected chi connectivity index (χ3v) is 13.4. The molecule has 8 aromatic carbocycles. The van der Waals surface area contributed by atoms with Gasteiger partial charge in [0.15, 0.2) is 0 Å². The summed E-state index contributed by atoms with van der Waals surface area (Å²) in [7, 11) is 0. The summed E-state index contributed by atoms with van der Waals surface area (Å²) in [5.74, 6) is -2.55. The highest BCUT2D eigenvalue weighted by Crippen LogP contribution is 2.55. The van der Waals surface area contributed by atoms with Gasteiger partial charge in [-0.2, -0.15) is 0 Å². The summed E-state index contributed by atoms with van der Waals surface area (Å²) in [6.07, 6.45) is 2.83. The molecule has 54 heavy (non-hydrogen) atoms. The Kier molecular flexibility index (Phi) is 5.97. The van der Waals surface area contributed by atoms with E-state index >= 15 is 0 Å². The molecule has 6 aliphatic carbocycles. The normalized spacial score (nSPS) is 21.6. The van der Waals surface area contributed by atoms with Crippen molar-refractivity contribution in [3.05, 3.63) is 144 Å². The topological polar surface area (TPSA) is 68.3 Å². The van der Waals surface area contributed by atoms with Crippen LogP contribution in [0.5, 0.6) is 0 Å². The van der Waals surface area contributed by atoms with Crippen molar-refractivity contribution < 1.29 is 19.2 Å². The summed E-state index contributed by atoms with van der Waals surface area (Å²) in [5, 5.41) is 10.9. The van der Waals surface area contributed by atoms with Crippen molar-refractivity contribution in [1.82, 2.24) is 0 Å². The molecule has 4 atom stereocenters. The van der Waals surface area contributed by atoms with Crippen molar-refractivity contribution in [2.75, 3.05) is 0 Å². The monoisotopic (exact) mass is 696 g/mol. The highest BCUT2D eigenvalue weighted by atomic mass is 16.2. The lowest BCUT2D eigenvalue weighted by molar-refractivity contribution is -0.141. The number of carbonyl (C=O) groups excluding carboxylic acids is 4. The largest absolute Gasteiger partial charge is 0.290 e. The molecule has 4 heteroatoms. The van der Waals surface area contributed by atoms with Gasteiger partial charge in [0.1, 0.15) is 0 Å². The van der Waals surface area contributed by atoms with Crippen LogP contribution in [-0.4, -0.2) is 23.1 Å². The zero-order valence-electron chi connectivity index (χ0n) is 29.3. The number of ketones is 4. The van der Waals surface area contributed by atoms with Crippen LogP contribution >= 0.6 is 0 Å². The third-order valence-electron chi connectivity index (χ3n) is 13.4. The van der Waals surface area contributed by atoms with Crippen LogP contribution in [0.2, 0.25) is 0 Å². The van der Waals surface area contributed by atoms with E-state index in [1.807, 2.05) is 12.1 Å². The van der Waals surface area contributed by atoms with Gasteiger partial charge in [0.25, 0.3) is 0 Å². The number of fused-ring (bicyclic) bond motifs is 9. The van der Waals surface area contributed by atoms with Gasteiger partial charge in [0.2, 0.25) is 23.1 Å². The first kappa shape index (κ1) is 30.2. The molecule has 0 heterocycles. The fourth-order valence-corrected chi connectivity index (χ4v) is 11.1. The van der Waals surface area contributed by atoms with Crippen LogP contribution in [0.4, 0.5) is 0 Å². The van der Waals surface area contributed by atoms with E-state index < -0.39 is 11.8 Å². The van der Waals surface area contributed by atoms with E-state index in [9.17, 15) is 19.2 Å². The van der Waals surface area contributed by atoms with Crippen LogP contribution in [0.25, 0.3) is 76.1 Å². The van der Waals surface area contributed by atoms with Crippen molar-refractivity contribution in [3.8, 4) is 22.3 Å². The van der Waals surface area contributed by atoms with Crippen molar-refractivity contribution in [2.45, 2.75) is 49.4 Å². The fourth-order valence-electron chi connectivity index (χ4n) is 11.1. The number of hydrogen-bond acceptors (Lipinski definition) is 4. The first-order valence-corrected chi connectivity index (χ1v) is 19.1. The molecule has 8 aromatic rings. The maximum atomic E-state index is 13.4. The molecule has 0 aromatic heterocycles. The van der Waals surface area contributed by atoms with Gasteiger partial charge in [-0.15, -0.1) is 0 Å². The van der Waals surface area contributed by atoms with Gasteiger partial charge in [-0.3, -0.25) is 19.2 Å². The van der Waals surface area contributed by atoms with Crippen molar-refractivity contribution in [1.29, 1.82) is 0 Å². The smallest absolute Gasteiger partial charge is 0.206 e. The lowest BCUT2D eigenvalue weighted by Crippen LogP contribution is -2.39. The molecule has 0 radical (unpaired) electrons. The number of hydrogen-bond donors (Lipinski definition) is 0. The Morgan fingerprint density at radius 2 is 0.667 bits per heavy atom. The van der Waals surface area contributed by atoms with Gasteiger partial charge >= 0.3 is 0 Å². The minimum Gasteiger partial charge on any atom is -0.290 e. The van der Waals surface area contributed by atoms with Crippen LogP contribution in [-0.2, 0) is 19.2 Å². The third kappa shape index (κ3) is 3.77. The van der Waals surface area contributed by atoms with Gasteiger partial charge in [-0.05, 0) is 148 Å². The van der Waals surface area contributed by atoms with E-state index in [0.717, 1.165) is 98.4 Å². The first-order valence-electron chi connectivity index (χ1n) is 19.1. The van der Waals surface area contributed by atoms with Gasteiger partial charge in [-0.1, -0.05) is 97.1 Å². The molecule has 2 fully saturated rings. The Morgan fingerprint density at radius 1 is 0.333 bits per heavy atom. The Balaban J connectivity index is 1.26. The van der Waals surface area contributed by atoms with E-state index in [1.165, 1.54) is 0 Å². The van der Waals surface area contributed by atoms with Gasteiger partial charge in [0.05, 0.1) is 23.7 Å². The molecule has 14 rings (SSSR count). The van der Waals surface area contributed by atoms with Crippen LogP contribution in [0.15, 0.2) is 121 Å². The average molecular weight is 697 g/mol. The van der Waals surface area contributed by atoms with Gasteiger partial charge in [0, 0.05) is 0 Å². The molecule has 0 N–H and O–H groups in total. The molecule has 256 valence electrons. The second-order valence-electron chi connectivity index (χ2n) is 15.8. The Labute approximate surface area is 310 Å². The second kappa shape index (κ2) is 10.7. The lowest BCUT2D eigenvalue weighted by atomic mass is 9.63. The summed E-state index contributed by atoms with van der Waals surface area (Å²) in [6, 6.07) is 43.0. The zero-order valence-corrected chi connectivity index (χ0v) is 29.3. The van der Waals surface area contributed by atoms with Gasteiger partial charge in [-0.25, -0.2) is 0 Å². The quantitative estimate of drug-likeness (QED) is 0.133. The lowest BCUT2D eigenvalue weighted by Gasteiger charge is -2.37. The average Bonchev–Trinajstić information content (AvgIpc) is 3.21. The van der Waals surface area contributed by atoms with E-state index in [0.29, 0.717) is 25.7 Å². The number of rotatable bonds is 2. The Morgan fingerprint density at radius 3 is 1.09 bits per heavy atom. The second-order valence-corrected chi connectivity index (χ2v) is 15.8. The molecule has 4 bridgehead atoms. The summed E-state index contributed by atoms with van der Waals surface area (Å²) in [6.45, 7) is 0. The van der Waals surface area contributed by atoms with Crippen LogP contribution in [0.1, 0.15) is 71.6 Å². The van der Waals surface area contributed by atoms with E-state index in [2.05, 4.69) is 109 Å². The number of benzene rings is 8. The summed E-state index contributed by atoms with van der Waals surface area (Å²) in [4.78, 5) is 53.4. The van der Waals surface area contributed by atoms with Crippen LogP contribution in [0.3, 0.4) is 0 Å².